The van der Waals surface area contributed by atoms with Gasteiger partial charge in [0.1, 0.15) is 12.7 Å². The number of carboxylic acid groups (broad SMARTS) is 1. The van der Waals surface area contributed by atoms with Gasteiger partial charge in [-0.25, -0.2) is 9.36 Å². The molecule has 11 nitrogen and oxygen atoms in total. The molecule has 1 amide bonds. The standard InChI is InChI=1S/C43H76NO10P/c1-3-5-7-9-11-13-15-17-18-19-20-21-23-24-26-28-30-32-34-41(46)44-40(43(48)49)38-54-55(50,51)53-37-39(45)36-52-42(47)35-33-31-29-27-25-22-16-14-12-10-8-6-4-2/h6,8,12,14,18-19,22,25,39-40,45H,3-5,7,9-11,13,15-17,20-21,23-24,26-38H2,1-2H3,(H,44,46)(H,48,49)(H,50,51)/b8-6-,14-12-,19-18-,25-22-. The molecule has 0 aliphatic heterocycles. The Kier molecular flexibility index (Phi) is 36.5. The molecule has 318 valence electrons. The SMILES string of the molecule is CC/C=C\C/C=C\C/C=C\CCCCCC(=O)OCC(O)COP(=O)(O)OCC(NC(=O)CCCCCCCCC/C=C\CCCCCCCCC)C(=O)O. The average molecular weight is 798 g/mol. The number of esters is 1. The van der Waals surface area contributed by atoms with Crippen molar-refractivity contribution in [3.63, 3.8) is 0 Å². The van der Waals surface area contributed by atoms with Crippen molar-refractivity contribution in [1.29, 1.82) is 0 Å². The van der Waals surface area contributed by atoms with Crippen LogP contribution < -0.4 is 5.32 Å². The molecule has 0 saturated heterocycles. The van der Waals surface area contributed by atoms with E-state index in [-0.39, 0.29) is 12.8 Å². The fourth-order valence-corrected chi connectivity index (χ4v) is 6.33. The summed E-state index contributed by atoms with van der Waals surface area (Å²) in [6.07, 6.45) is 41.4. The van der Waals surface area contributed by atoms with Gasteiger partial charge in [-0.1, -0.05) is 140 Å². The maximum absolute atomic E-state index is 12.3. The fraction of sp³-hybridized carbons (Fsp3) is 0.744. The van der Waals surface area contributed by atoms with Gasteiger partial charge >= 0.3 is 19.8 Å². The summed E-state index contributed by atoms with van der Waals surface area (Å²) in [7, 11) is -4.76. The molecule has 0 bridgehead atoms. The van der Waals surface area contributed by atoms with Crippen LogP contribution in [0.25, 0.3) is 0 Å². The number of carbonyl (C=O) groups is 3. The van der Waals surface area contributed by atoms with Gasteiger partial charge in [-0.05, 0) is 70.6 Å². The van der Waals surface area contributed by atoms with Crippen molar-refractivity contribution in [3.05, 3.63) is 48.6 Å². The monoisotopic (exact) mass is 798 g/mol. The zero-order valence-electron chi connectivity index (χ0n) is 34.2. The van der Waals surface area contributed by atoms with E-state index in [9.17, 15) is 34.1 Å². The molecule has 0 heterocycles. The Bertz CT molecular complexity index is 1120. The van der Waals surface area contributed by atoms with Crippen LogP contribution >= 0.6 is 7.82 Å². The molecule has 0 aliphatic rings. The Morgan fingerprint density at radius 1 is 0.600 bits per heavy atom. The number of unbranched alkanes of at least 4 members (excludes halogenated alkanes) is 17. The second kappa shape index (κ2) is 38.3. The molecule has 55 heavy (non-hydrogen) atoms. The number of ether oxygens (including phenoxy) is 1. The van der Waals surface area contributed by atoms with Crippen molar-refractivity contribution in [2.24, 2.45) is 0 Å². The average Bonchev–Trinajstić information content (AvgIpc) is 3.16. The lowest BCUT2D eigenvalue weighted by Gasteiger charge is -2.18. The number of carboxylic acids is 1. The first-order valence-electron chi connectivity index (χ1n) is 21.2. The number of phosphoric ester groups is 1. The summed E-state index contributed by atoms with van der Waals surface area (Å²) in [5.41, 5.74) is 0. The molecule has 12 heteroatoms. The van der Waals surface area contributed by atoms with Crippen molar-refractivity contribution in [3.8, 4) is 0 Å². The number of nitrogens with one attached hydrogen (secondary N) is 1. The molecule has 0 radical (unpaired) electrons. The molecule has 3 unspecified atom stereocenters. The zero-order valence-corrected chi connectivity index (χ0v) is 35.1. The Morgan fingerprint density at radius 2 is 1.05 bits per heavy atom. The molecular formula is C43H76NO10P. The van der Waals surface area contributed by atoms with E-state index in [1.807, 2.05) is 0 Å². The minimum Gasteiger partial charge on any atom is -0.480 e. The molecule has 0 aromatic heterocycles. The minimum absolute atomic E-state index is 0.138. The number of amides is 1. The van der Waals surface area contributed by atoms with Gasteiger partial charge in [0.05, 0.1) is 13.2 Å². The molecule has 0 spiro atoms. The maximum atomic E-state index is 12.3. The van der Waals surface area contributed by atoms with Crippen molar-refractivity contribution in [1.82, 2.24) is 5.32 Å². The highest BCUT2D eigenvalue weighted by Crippen LogP contribution is 2.43. The highest BCUT2D eigenvalue weighted by molar-refractivity contribution is 7.47. The first kappa shape index (κ1) is 52.4. The zero-order chi connectivity index (χ0) is 40.7. The first-order valence-corrected chi connectivity index (χ1v) is 22.7. The summed E-state index contributed by atoms with van der Waals surface area (Å²) >= 11 is 0. The van der Waals surface area contributed by atoms with E-state index >= 15 is 0 Å². The minimum atomic E-state index is -4.76. The second-order valence-corrected chi connectivity index (χ2v) is 15.6. The van der Waals surface area contributed by atoms with Gasteiger partial charge < -0.3 is 25.2 Å². The molecule has 0 aliphatic carbocycles. The number of carbonyl (C=O) groups excluding carboxylic acids is 2. The van der Waals surface area contributed by atoms with E-state index in [4.69, 9.17) is 13.8 Å². The second-order valence-electron chi connectivity index (χ2n) is 14.1. The van der Waals surface area contributed by atoms with Crippen molar-refractivity contribution in [2.75, 3.05) is 19.8 Å². The molecule has 0 rings (SSSR count). The van der Waals surface area contributed by atoms with Crippen LogP contribution in [0.15, 0.2) is 48.6 Å². The highest BCUT2D eigenvalue weighted by Gasteiger charge is 2.28. The number of allylic oxidation sites excluding steroid dienone is 8. The van der Waals surface area contributed by atoms with Gasteiger partial charge in [0.25, 0.3) is 0 Å². The van der Waals surface area contributed by atoms with Gasteiger partial charge in [-0.15, -0.1) is 0 Å². The molecule has 3 atom stereocenters. The predicted octanol–water partition coefficient (Wildman–Crippen LogP) is 10.6. The summed E-state index contributed by atoms with van der Waals surface area (Å²) in [5, 5.41) is 21.8. The number of hydrogen-bond acceptors (Lipinski definition) is 8. The van der Waals surface area contributed by atoms with Crippen LogP contribution in [0.4, 0.5) is 0 Å². The molecule has 0 fully saturated rings. The van der Waals surface area contributed by atoms with Crippen molar-refractivity contribution in [2.45, 2.75) is 187 Å². The lowest BCUT2D eigenvalue weighted by atomic mass is 10.1. The number of phosphoric acid groups is 1. The number of rotatable bonds is 39. The van der Waals surface area contributed by atoms with Gasteiger partial charge in [-0.3, -0.25) is 18.6 Å². The Hall–Kier alpha value is -2.56. The predicted molar refractivity (Wildman–Crippen MR) is 222 cm³/mol. The van der Waals surface area contributed by atoms with Crippen LogP contribution in [0.3, 0.4) is 0 Å². The van der Waals surface area contributed by atoms with Crippen LogP contribution in [-0.4, -0.2) is 64.9 Å². The lowest BCUT2D eigenvalue weighted by Crippen LogP contribution is -2.43. The summed E-state index contributed by atoms with van der Waals surface area (Å²) in [6, 6.07) is -1.55. The summed E-state index contributed by atoms with van der Waals surface area (Å²) in [4.78, 5) is 45.8. The van der Waals surface area contributed by atoms with Crippen molar-refractivity contribution >= 4 is 25.7 Å². The third-order valence-electron chi connectivity index (χ3n) is 8.85. The number of aliphatic hydroxyl groups excluding tert-OH is 1. The Labute approximate surface area is 333 Å². The van der Waals surface area contributed by atoms with Crippen LogP contribution in [0, 0.1) is 0 Å². The largest absolute Gasteiger partial charge is 0.480 e. The highest BCUT2D eigenvalue weighted by atomic mass is 31.2. The Morgan fingerprint density at radius 3 is 1.62 bits per heavy atom. The molecular weight excluding hydrogens is 721 g/mol. The first-order chi connectivity index (χ1) is 26.6. The van der Waals surface area contributed by atoms with Crippen LogP contribution in [0.5, 0.6) is 0 Å². The molecule has 4 N–H and O–H groups in total. The van der Waals surface area contributed by atoms with E-state index in [1.165, 1.54) is 64.2 Å². The van der Waals surface area contributed by atoms with E-state index in [2.05, 4.69) is 67.8 Å². The Balaban J connectivity index is 3.95. The lowest BCUT2D eigenvalue weighted by molar-refractivity contribution is -0.147. The summed E-state index contributed by atoms with van der Waals surface area (Å²) in [5.74, 6) is -2.41. The third kappa shape index (κ3) is 38.1. The van der Waals surface area contributed by atoms with Crippen LogP contribution in [0.1, 0.15) is 174 Å². The number of aliphatic carboxylic acids is 1. The topological polar surface area (TPSA) is 169 Å². The van der Waals surface area contributed by atoms with Gasteiger partial charge in [0.15, 0.2) is 6.04 Å². The van der Waals surface area contributed by atoms with Gasteiger partial charge in [0.2, 0.25) is 5.91 Å². The van der Waals surface area contributed by atoms with Crippen LogP contribution in [0.2, 0.25) is 0 Å². The number of aliphatic hydroxyl groups is 1. The normalized spacial score (nSPS) is 14.3. The van der Waals surface area contributed by atoms with Gasteiger partial charge in [-0.2, -0.15) is 0 Å². The summed E-state index contributed by atoms with van der Waals surface area (Å²) in [6.45, 7) is 2.43. The smallest absolute Gasteiger partial charge is 0.472 e. The molecule has 0 aromatic carbocycles. The molecule has 0 saturated carbocycles. The quantitative estimate of drug-likeness (QED) is 0.0203. The van der Waals surface area contributed by atoms with Gasteiger partial charge in [0, 0.05) is 12.8 Å². The number of hydrogen-bond donors (Lipinski definition) is 4. The van der Waals surface area contributed by atoms with Crippen LogP contribution in [-0.2, 0) is 32.7 Å². The fourth-order valence-electron chi connectivity index (χ4n) is 5.56. The van der Waals surface area contributed by atoms with E-state index in [1.54, 1.807) is 0 Å². The van der Waals surface area contributed by atoms with Crippen molar-refractivity contribution < 1.29 is 47.8 Å². The molecule has 0 aromatic rings. The van der Waals surface area contributed by atoms with E-state index < -0.39 is 57.6 Å². The maximum Gasteiger partial charge on any atom is 0.472 e. The van der Waals surface area contributed by atoms with E-state index in [0.717, 1.165) is 70.6 Å². The van der Waals surface area contributed by atoms with E-state index in [0.29, 0.717) is 12.8 Å². The summed E-state index contributed by atoms with van der Waals surface area (Å²) < 4.78 is 26.8. The third-order valence-corrected chi connectivity index (χ3v) is 9.80.